The Hall–Kier alpha value is -2.12. The average molecular weight is 358 g/mol. The number of carbonyl (C=O) groups is 1. The summed E-state index contributed by atoms with van der Waals surface area (Å²) in [5.74, 6) is 1.05. The standard InChI is InChI=1S/C17H18N4OS2/c1-12-5-2-3-6-13(12)8-9-18-15(22)11-24-17-19-16(20-21-17)14-7-4-10-23-14/h2-7,10H,8-9,11H2,1H3,(H,18,22)(H,19,20,21). The lowest BCUT2D eigenvalue weighted by Gasteiger charge is -2.06. The van der Waals surface area contributed by atoms with Gasteiger partial charge in [0, 0.05) is 6.54 Å². The van der Waals surface area contributed by atoms with Crippen molar-refractivity contribution in [2.24, 2.45) is 0 Å². The van der Waals surface area contributed by atoms with Gasteiger partial charge in [-0.05, 0) is 35.9 Å². The van der Waals surface area contributed by atoms with Gasteiger partial charge < -0.3 is 5.32 Å². The van der Waals surface area contributed by atoms with Crippen molar-refractivity contribution in [3.8, 4) is 10.7 Å². The van der Waals surface area contributed by atoms with Gasteiger partial charge in [-0.2, -0.15) is 0 Å². The molecule has 0 atom stereocenters. The van der Waals surface area contributed by atoms with Crippen molar-refractivity contribution in [1.82, 2.24) is 20.5 Å². The zero-order valence-electron chi connectivity index (χ0n) is 13.3. The third-order valence-electron chi connectivity index (χ3n) is 3.53. The second kappa shape index (κ2) is 8.12. The van der Waals surface area contributed by atoms with E-state index in [9.17, 15) is 4.79 Å². The Morgan fingerprint density at radius 2 is 2.17 bits per heavy atom. The first-order chi connectivity index (χ1) is 11.7. The molecule has 24 heavy (non-hydrogen) atoms. The Kier molecular flexibility index (Phi) is 5.66. The second-order valence-corrected chi connectivity index (χ2v) is 7.15. The number of aromatic nitrogens is 3. The summed E-state index contributed by atoms with van der Waals surface area (Å²) in [6.07, 6.45) is 0.840. The van der Waals surface area contributed by atoms with Crippen LogP contribution < -0.4 is 5.32 Å². The zero-order chi connectivity index (χ0) is 16.8. The van der Waals surface area contributed by atoms with Crippen molar-refractivity contribution in [1.29, 1.82) is 0 Å². The van der Waals surface area contributed by atoms with Gasteiger partial charge in [0.25, 0.3) is 0 Å². The lowest BCUT2D eigenvalue weighted by atomic mass is 10.1. The van der Waals surface area contributed by atoms with Gasteiger partial charge in [0.05, 0.1) is 10.6 Å². The highest BCUT2D eigenvalue weighted by molar-refractivity contribution is 7.99. The maximum atomic E-state index is 11.9. The summed E-state index contributed by atoms with van der Waals surface area (Å²) in [6.45, 7) is 2.72. The van der Waals surface area contributed by atoms with Gasteiger partial charge in [-0.3, -0.25) is 9.89 Å². The van der Waals surface area contributed by atoms with E-state index in [0.717, 1.165) is 17.1 Å². The van der Waals surface area contributed by atoms with Crippen LogP contribution in [0.5, 0.6) is 0 Å². The van der Waals surface area contributed by atoms with Gasteiger partial charge in [-0.25, -0.2) is 4.98 Å². The molecule has 0 aliphatic carbocycles. The van der Waals surface area contributed by atoms with E-state index in [1.807, 2.05) is 29.6 Å². The lowest BCUT2D eigenvalue weighted by molar-refractivity contribution is -0.118. The molecule has 0 bridgehead atoms. The molecule has 1 aromatic carbocycles. The van der Waals surface area contributed by atoms with Crippen LogP contribution in [0, 0.1) is 6.92 Å². The monoisotopic (exact) mass is 358 g/mol. The summed E-state index contributed by atoms with van der Waals surface area (Å²) >= 11 is 2.94. The van der Waals surface area contributed by atoms with E-state index >= 15 is 0 Å². The lowest BCUT2D eigenvalue weighted by Crippen LogP contribution is -2.27. The number of nitrogens with one attached hydrogen (secondary N) is 2. The first kappa shape index (κ1) is 16.7. The molecule has 5 nitrogen and oxygen atoms in total. The number of nitrogens with zero attached hydrogens (tertiary/aromatic N) is 2. The number of rotatable bonds is 7. The van der Waals surface area contributed by atoms with Gasteiger partial charge in [0.1, 0.15) is 0 Å². The van der Waals surface area contributed by atoms with Crippen LogP contribution in [-0.2, 0) is 11.2 Å². The van der Waals surface area contributed by atoms with Crippen molar-refractivity contribution >= 4 is 29.0 Å². The molecule has 3 aromatic rings. The molecule has 7 heteroatoms. The highest BCUT2D eigenvalue weighted by Gasteiger charge is 2.09. The molecule has 1 amide bonds. The molecule has 3 rings (SSSR count). The third-order valence-corrected chi connectivity index (χ3v) is 5.25. The van der Waals surface area contributed by atoms with Crippen LogP contribution in [0.25, 0.3) is 10.7 Å². The maximum absolute atomic E-state index is 11.9. The second-order valence-electron chi connectivity index (χ2n) is 5.26. The van der Waals surface area contributed by atoms with Gasteiger partial charge in [0.2, 0.25) is 11.1 Å². The van der Waals surface area contributed by atoms with Gasteiger partial charge in [0.15, 0.2) is 5.82 Å². The zero-order valence-corrected chi connectivity index (χ0v) is 14.9. The van der Waals surface area contributed by atoms with E-state index in [2.05, 4.69) is 39.6 Å². The summed E-state index contributed by atoms with van der Waals surface area (Å²) in [6, 6.07) is 12.2. The van der Waals surface area contributed by atoms with Crippen molar-refractivity contribution in [3.63, 3.8) is 0 Å². The smallest absolute Gasteiger partial charge is 0.230 e. The first-order valence-electron chi connectivity index (χ1n) is 7.62. The normalized spacial score (nSPS) is 10.7. The average Bonchev–Trinajstić information content (AvgIpc) is 3.26. The molecule has 0 saturated heterocycles. The van der Waals surface area contributed by atoms with Crippen molar-refractivity contribution in [2.45, 2.75) is 18.5 Å². The summed E-state index contributed by atoms with van der Waals surface area (Å²) in [5, 5.41) is 12.6. The van der Waals surface area contributed by atoms with E-state index in [1.54, 1.807) is 11.3 Å². The molecule has 0 aliphatic rings. The van der Waals surface area contributed by atoms with Crippen LogP contribution in [0.15, 0.2) is 46.9 Å². The molecule has 2 aromatic heterocycles. The molecule has 0 spiro atoms. The minimum Gasteiger partial charge on any atom is -0.355 e. The number of hydrogen-bond donors (Lipinski definition) is 2. The van der Waals surface area contributed by atoms with Crippen LogP contribution in [0.2, 0.25) is 0 Å². The molecule has 2 heterocycles. The van der Waals surface area contributed by atoms with Gasteiger partial charge >= 0.3 is 0 Å². The fourth-order valence-corrected chi connectivity index (χ4v) is 3.53. The highest BCUT2D eigenvalue weighted by Crippen LogP contribution is 2.22. The van der Waals surface area contributed by atoms with Crippen molar-refractivity contribution in [2.75, 3.05) is 12.3 Å². The summed E-state index contributed by atoms with van der Waals surface area (Å²) < 4.78 is 0. The number of aryl methyl sites for hydroxylation is 1. The maximum Gasteiger partial charge on any atom is 0.230 e. The van der Waals surface area contributed by atoms with Crippen LogP contribution in [0.3, 0.4) is 0 Å². The van der Waals surface area contributed by atoms with Crippen LogP contribution in [0.1, 0.15) is 11.1 Å². The van der Waals surface area contributed by atoms with Crippen LogP contribution >= 0.6 is 23.1 Å². The molecule has 0 saturated carbocycles. The quantitative estimate of drug-likeness (QED) is 0.636. The Morgan fingerprint density at radius 3 is 2.96 bits per heavy atom. The van der Waals surface area contributed by atoms with Crippen LogP contribution in [-0.4, -0.2) is 33.4 Å². The fourth-order valence-electron chi connectivity index (χ4n) is 2.24. The Bertz CT molecular complexity index is 799. The van der Waals surface area contributed by atoms with Crippen molar-refractivity contribution in [3.05, 3.63) is 52.9 Å². The molecule has 0 radical (unpaired) electrons. The number of carbonyl (C=O) groups excluding carboxylic acids is 1. The Morgan fingerprint density at radius 1 is 1.29 bits per heavy atom. The number of benzene rings is 1. The number of aromatic amines is 1. The first-order valence-corrected chi connectivity index (χ1v) is 9.49. The number of thioether (sulfide) groups is 1. The van der Waals surface area contributed by atoms with E-state index in [0.29, 0.717) is 17.5 Å². The van der Waals surface area contributed by atoms with Gasteiger partial charge in [-0.15, -0.1) is 16.4 Å². The summed E-state index contributed by atoms with van der Waals surface area (Å²) in [7, 11) is 0. The molecule has 2 N–H and O–H groups in total. The van der Waals surface area contributed by atoms with E-state index < -0.39 is 0 Å². The predicted octanol–water partition coefficient (Wildman–Crippen LogP) is 3.29. The number of amides is 1. The summed E-state index contributed by atoms with van der Waals surface area (Å²) in [4.78, 5) is 17.4. The Balaban J connectivity index is 1.42. The number of hydrogen-bond acceptors (Lipinski definition) is 5. The number of H-pyrrole nitrogens is 1. The minimum absolute atomic E-state index is 0.00365. The van der Waals surface area contributed by atoms with E-state index in [4.69, 9.17) is 0 Å². The Labute approximate surface area is 148 Å². The third kappa shape index (κ3) is 4.46. The largest absolute Gasteiger partial charge is 0.355 e. The summed E-state index contributed by atoms with van der Waals surface area (Å²) in [5.41, 5.74) is 2.52. The highest BCUT2D eigenvalue weighted by atomic mass is 32.2. The van der Waals surface area contributed by atoms with Crippen molar-refractivity contribution < 1.29 is 4.79 Å². The van der Waals surface area contributed by atoms with Crippen LogP contribution in [0.4, 0.5) is 0 Å². The molecule has 0 aliphatic heterocycles. The molecule has 0 unspecified atom stereocenters. The number of thiophene rings is 1. The molecular formula is C17H18N4OS2. The molecule has 0 fully saturated rings. The fraction of sp³-hybridized carbons (Fsp3) is 0.235. The van der Waals surface area contributed by atoms with Gasteiger partial charge in [-0.1, -0.05) is 42.1 Å². The molecule has 124 valence electrons. The van der Waals surface area contributed by atoms with E-state index in [-0.39, 0.29) is 5.91 Å². The predicted molar refractivity (Wildman–Crippen MR) is 98.3 cm³/mol. The topological polar surface area (TPSA) is 70.7 Å². The van der Waals surface area contributed by atoms with E-state index in [1.165, 1.54) is 22.9 Å². The minimum atomic E-state index is -0.00365. The SMILES string of the molecule is Cc1ccccc1CCNC(=O)CSc1n[nH]c(-c2cccs2)n1. The molecular weight excluding hydrogens is 340 g/mol.